The van der Waals surface area contributed by atoms with E-state index in [9.17, 15) is 0 Å². The van der Waals surface area contributed by atoms with Gasteiger partial charge < -0.3 is 11.1 Å². The predicted molar refractivity (Wildman–Crippen MR) is 55.5 cm³/mol. The molecule has 0 unspecified atom stereocenters. The van der Waals surface area contributed by atoms with Gasteiger partial charge in [-0.25, -0.2) is 0 Å². The van der Waals surface area contributed by atoms with Crippen molar-refractivity contribution in [3.05, 3.63) is 29.3 Å². The fourth-order valence-electron chi connectivity index (χ4n) is 1.92. The SMILES string of the molecule is N#Cc1cc(N)ccc1[C@@H]1CCCN1. The van der Waals surface area contributed by atoms with E-state index in [1.165, 1.54) is 6.42 Å². The third-order valence-corrected chi connectivity index (χ3v) is 2.63. The van der Waals surface area contributed by atoms with Gasteiger partial charge in [0, 0.05) is 11.7 Å². The molecule has 1 aliphatic heterocycles. The Morgan fingerprint density at radius 1 is 1.50 bits per heavy atom. The maximum atomic E-state index is 8.97. The monoisotopic (exact) mass is 187 g/mol. The Hall–Kier alpha value is -1.53. The molecule has 1 aromatic carbocycles. The fraction of sp³-hybridized carbons (Fsp3) is 0.364. The summed E-state index contributed by atoms with van der Waals surface area (Å²) in [6.07, 6.45) is 2.29. The largest absolute Gasteiger partial charge is 0.399 e. The predicted octanol–water partition coefficient (Wildman–Crippen LogP) is 1.56. The maximum Gasteiger partial charge on any atom is 0.0995 e. The van der Waals surface area contributed by atoms with Gasteiger partial charge >= 0.3 is 0 Å². The van der Waals surface area contributed by atoms with Crippen molar-refractivity contribution >= 4 is 5.69 Å². The minimum Gasteiger partial charge on any atom is -0.399 e. The van der Waals surface area contributed by atoms with Crippen molar-refractivity contribution < 1.29 is 0 Å². The lowest BCUT2D eigenvalue weighted by Gasteiger charge is -2.12. The van der Waals surface area contributed by atoms with Gasteiger partial charge in [0.1, 0.15) is 0 Å². The van der Waals surface area contributed by atoms with Crippen LogP contribution in [0.1, 0.15) is 30.0 Å². The third kappa shape index (κ3) is 1.57. The molecular weight excluding hydrogens is 174 g/mol. The Labute approximate surface area is 83.5 Å². The zero-order valence-corrected chi connectivity index (χ0v) is 7.96. The maximum absolute atomic E-state index is 8.97. The molecule has 0 spiro atoms. The summed E-state index contributed by atoms with van der Waals surface area (Å²) >= 11 is 0. The van der Waals surface area contributed by atoms with Crippen molar-refractivity contribution in [2.75, 3.05) is 12.3 Å². The van der Waals surface area contributed by atoms with E-state index in [1.807, 2.05) is 12.1 Å². The van der Waals surface area contributed by atoms with Crippen LogP contribution in [0.2, 0.25) is 0 Å². The lowest BCUT2D eigenvalue weighted by atomic mass is 9.99. The number of rotatable bonds is 1. The summed E-state index contributed by atoms with van der Waals surface area (Å²) in [5.41, 5.74) is 8.07. The zero-order chi connectivity index (χ0) is 9.97. The van der Waals surface area contributed by atoms with Crippen LogP contribution in [-0.4, -0.2) is 6.54 Å². The van der Waals surface area contributed by atoms with Crippen LogP contribution in [0.4, 0.5) is 5.69 Å². The molecule has 3 N–H and O–H groups in total. The van der Waals surface area contributed by atoms with E-state index in [0.717, 1.165) is 18.5 Å². The van der Waals surface area contributed by atoms with Gasteiger partial charge in [-0.2, -0.15) is 5.26 Å². The first kappa shape index (κ1) is 9.04. The summed E-state index contributed by atoms with van der Waals surface area (Å²) in [5.74, 6) is 0. The topological polar surface area (TPSA) is 61.8 Å². The minimum absolute atomic E-state index is 0.338. The second kappa shape index (κ2) is 3.69. The average Bonchev–Trinajstić information content (AvgIpc) is 2.70. The number of nitrogens with one attached hydrogen (secondary N) is 1. The number of nitriles is 1. The second-order valence-electron chi connectivity index (χ2n) is 3.61. The Kier molecular flexibility index (Phi) is 2.38. The van der Waals surface area contributed by atoms with Gasteiger partial charge in [0.25, 0.3) is 0 Å². The highest BCUT2D eigenvalue weighted by Crippen LogP contribution is 2.26. The first-order chi connectivity index (χ1) is 6.81. The lowest BCUT2D eigenvalue weighted by Crippen LogP contribution is -2.14. The van der Waals surface area contributed by atoms with Crippen LogP contribution in [0.25, 0.3) is 0 Å². The normalized spacial score (nSPS) is 20.6. The first-order valence-electron chi connectivity index (χ1n) is 4.84. The van der Waals surface area contributed by atoms with Gasteiger partial charge in [0.2, 0.25) is 0 Å². The molecule has 3 heteroatoms. The third-order valence-electron chi connectivity index (χ3n) is 2.63. The molecule has 1 aliphatic rings. The van der Waals surface area contributed by atoms with Crippen molar-refractivity contribution in [1.29, 1.82) is 5.26 Å². The van der Waals surface area contributed by atoms with Crippen LogP contribution in [0, 0.1) is 11.3 Å². The van der Waals surface area contributed by atoms with Gasteiger partial charge in [-0.05, 0) is 37.1 Å². The molecule has 72 valence electrons. The van der Waals surface area contributed by atoms with Gasteiger partial charge in [0.15, 0.2) is 0 Å². The van der Waals surface area contributed by atoms with E-state index in [0.29, 0.717) is 17.3 Å². The standard InChI is InChI=1S/C11H13N3/c12-7-8-6-9(13)3-4-10(8)11-2-1-5-14-11/h3-4,6,11,14H,1-2,5,13H2/t11-/m0/s1. The molecule has 3 nitrogen and oxygen atoms in total. The van der Waals surface area contributed by atoms with Crippen LogP contribution < -0.4 is 11.1 Å². The molecular formula is C11H13N3. The van der Waals surface area contributed by atoms with Gasteiger partial charge in [-0.3, -0.25) is 0 Å². The number of hydrogen-bond acceptors (Lipinski definition) is 3. The summed E-state index contributed by atoms with van der Waals surface area (Å²) in [7, 11) is 0. The highest BCUT2D eigenvalue weighted by molar-refractivity contribution is 5.51. The van der Waals surface area contributed by atoms with E-state index in [-0.39, 0.29) is 0 Å². The van der Waals surface area contributed by atoms with Gasteiger partial charge in [-0.15, -0.1) is 0 Å². The van der Waals surface area contributed by atoms with Crippen LogP contribution in [0.5, 0.6) is 0 Å². The number of anilines is 1. The molecule has 0 aliphatic carbocycles. The number of nitrogens with zero attached hydrogens (tertiary/aromatic N) is 1. The minimum atomic E-state index is 0.338. The quantitative estimate of drug-likeness (QED) is 0.656. The van der Waals surface area contributed by atoms with Crippen molar-refractivity contribution in [3.8, 4) is 6.07 Å². The highest BCUT2D eigenvalue weighted by Gasteiger charge is 2.18. The Morgan fingerprint density at radius 3 is 3.00 bits per heavy atom. The summed E-state index contributed by atoms with van der Waals surface area (Å²) in [5, 5.41) is 12.3. The van der Waals surface area contributed by atoms with Crippen molar-refractivity contribution in [1.82, 2.24) is 5.32 Å². The van der Waals surface area contributed by atoms with Crippen LogP contribution in [0.3, 0.4) is 0 Å². The summed E-state index contributed by atoms with van der Waals surface area (Å²) in [4.78, 5) is 0. The molecule has 1 heterocycles. The average molecular weight is 187 g/mol. The van der Waals surface area contributed by atoms with Crippen LogP contribution in [0.15, 0.2) is 18.2 Å². The zero-order valence-electron chi connectivity index (χ0n) is 7.96. The molecule has 0 amide bonds. The van der Waals surface area contributed by atoms with E-state index in [4.69, 9.17) is 11.0 Å². The first-order valence-corrected chi connectivity index (χ1v) is 4.84. The van der Waals surface area contributed by atoms with E-state index in [1.54, 1.807) is 6.07 Å². The molecule has 2 rings (SSSR count). The molecule has 0 radical (unpaired) electrons. The molecule has 1 aromatic rings. The summed E-state index contributed by atoms with van der Waals surface area (Å²) in [6.45, 7) is 1.04. The van der Waals surface area contributed by atoms with E-state index in [2.05, 4.69) is 11.4 Å². The molecule has 14 heavy (non-hydrogen) atoms. The molecule has 1 saturated heterocycles. The van der Waals surface area contributed by atoms with Gasteiger partial charge in [0.05, 0.1) is 11.6 Å². The number of hydrogen-bond donors (Lipinski definition) is 2. The molecule has 1 atom stereocenters. The van der Waals surface area contributed by atoms with Crippen molar-refractivity contribution in [3.63, 3.8) is 0 Å². The lowest BCUT2D eigenvalue weighted by molar-refractivity contribution is 0.646. The highest BCUT2D eigenvalue weighted by atomic mass is 14.9. The number of nitrogens with two attached hydrogens (primary N) is 1. The second-order valence-corrected chi connectivity index (χ2v) is 3.61. The van der Waals surface area contributed by atoms with E-state index >= 15 is 0 Å². The molecule has 0 saturated carbocycles. The Balaban J connectivity index is 2.37. The fourth-order valence-corrected chi connectivity index (χ4v) is 1.92. The van der Waals surface area contributed by atoms with Crippen LogP contribution >= 0.6 is 0 Å². The summed E-state index contributed by atoms with van der Waals surface area (Å²) in [6, 6.07) is 8.09. The Bertz CT molecular complexity index is 373. The molecule has 1 fully saturated rings. The number of benzene rings is 1. The van der Waals surface area contributed by atoms with Crippen molar-refractivity contribution in [2.24, 2.45) is 0 Å². The summed E-state index contributed by atoms with van der Waals surface area (Å²) < 4.78 is 0. The van der Waals surface area contributed by atoms with E-state index < -0.39 is 0 Å². The van der Waals surface area contributed by atoms with Gasteiger partial charge in [-0.1, -0.05) is 6.07 Å². The Morgan fingerprint density at radius 2 is 2.36 bits per heavy atom. The van der Waals surface area contributed by atoms with Crippen LogP contribution in [-0.2, 0) is 0 Å². The molecule has 0 aromatic heterocycles. The molecule has 0 bridgehead atoms. The number of nitrogen functional groups attached to an aromatic ring is 1. The van der Waals surface area contributed by atoms with Crippen molar-refractivity contribution in [2.45, 2.75) is 18.9 Å². The smallest absolute Gasteiger partial charge is 0.0995 e.